The van der Waals surface area contributed by atoms with Crippen molar-refractivity contribution in [3.8, 4) is 0 Å². The molecule has 0 spiro atoms. The highest BCUT2D eigenvalue weighted by Gasteiger charge is 2.34. The first kappa shape index (κ1) is 12.2. The van der Waals surface area contributed by atoms with E-state index in [1.807, 2.05) is 0 Å². The van der Waals surface area contributed by atoms with Crippen LogP contribution in [0.2, 0.25) is 0 Å². The molecule has 2 heteroatoms. The van der Waals surface area contributed by atoms with Crippen molar-refractivity contribution in [2.45, 2.75) is 38.3 Å². The number of fused-ring (bicyclic) bond motifs is 1. The Hall–Kier alpha value is -0.860. The summed E-state index contributed by atoms with van der Waals surface area (Å²) in [7, 11) is 0. The van der Waals surface area contributed by atoms with Crippen LogP contribution in [-0.2, 0) is 0 Å². The van der Waals surface area contributed by atoms with Crippen LogP contribution in [0, 0.1) is 0 Å². The maximum atomic E-state index is 2.73. The van der Waals surface area contributed by atoms with Crippen molar-refractivity contribution >= 4 is 0 Å². The molecule has 3 rings (SSSR count). The number of piperidine rings is 1. The third kappa shape index (κ3) is 2.32. The monoisotopic (exact) mass is 244 g/mol. The van der Waals surface area contributed by atoms with E-state index in [2.05, 4.69) is 47.1 Å². The van der Waals surface area contributed by atoms with E-state index in [0.29, 0.717) is 6.04 Å². The van der Waals surface area contributed by atoms with E-state index in [-0.39, 0.29) is 0 Å². The van der Waals surface area contributed by atoms with Crippen LogP contribution in [0.5, 0.6) is 0 Å². The van der Waals surface area contributed by atoms with Crippen molar-refractivity contribution in [2.24, 2.45) is 0 Å². The quantitative estimate of drug-likeness (QED) is 0.789. The highest BCUT2D eigenvalue weighted by molar-refractivity contribution is 5.20. The van der Waals surface area contributed by atoms with Crippen molar-refractivity contribution in [1.29, 1.82) is 0 Å². The van der Waals surface area contributed by atoms with Crippen LogP contribution in [0.3, 0.4) is 0 Å². The number of hydrogen-bond donors (Lipinski definition) is 0. The fourth-order valence-electron chi connectivity index (χ4n) is 3.58. The summed E-state index contributed by atoms with van der Waals surface area (Å²) < 4.78 is 0. The van der Waals surface area contributed by atoms with Crippen LogP contribution in [-0.4, -0.2) is 42.0 Å². The van der Waals surface area contributed by atoms with Gasteiger partial charge in [-0.25, -0.2) is 0 Å². The van der Waals surface area contributed by atoms with Gasteiger partial charge < -0.3 is 0 Å². The second kappa shape index (κ2) is 5.41. The number of rotatable bonds is 2. The lowest BCUT2D eigenvalue weighted by molar-refractivity contribution is 0.0108. The molecule has 1 aromatic carbocycles. The zero-order chi connectivity index (χ0) is 12.4. The predicted octanol–water partition coefficient (Wildman–Crippen LogP) is 2.92. The molecule has 2 atom stereocenters. The molecule has 0 saturated carbocycles. The lowest BCUT2D eigenvalue weighted by atomic mass is 9.94. The molecule has 0 aliphatic carbocycles. The average molecular weight is 244 g/mol. The first-order valence-corrected chi connectivity index (χ1v) is 7.41. The van der Waals surface area contributed by atoms with Gasteiger partial charge in [0.25, 0.3) is 0 Å². The molecule has 2 heterocycles. The van der Waals surface area contributed by atoms with Gasteiger partial charge in [-0.05, 0) is 31.5 Å². The first-order chi connectivity index (χ1) is 8.88. The standard InChI is InChI=1S/C16H24N2/c1-2-17-12-15-10-6-7-11-18(15)13-16(17)14-8-4-3-5-9-14/h3-5,8-9,15-16H,2,6-7,10-13H2,1H3. The summed E-state index contributed by atoms with van der Waals surface area (Å²) in [6.45, 7) is 7.27. The van der Waals surface area contributed by atoms with E-state index < -0.39 is 0 Å². The molecule has 2 fully saturated rings. The number of likely N-dealkylation sites (N-methyl/N-ethyl adjacent to an activating group) is 1. The van der Waals surface area contributed by atoms with Gasteiger partial charge in [0.2, 0.25) is 0 Å². The van der Waals surface area contributed by atoms with E-state index in [1.165, 1.54) is 51.0 Å². The van der Waals surface area contributed by atoms with Gasteiger partial charge in [-0.3, -0.25) is 9.80 Å². The smallest absolute Gasteiger partial charge is 0.0475 e. The Morgan fingerprint density at radius 3 is 2.72 bits per heavy atom. The number of hydrogen-bond acceptors (Lipinski definition) is 2. The third-order valence-electron chi connectivity index (χ3n) is 4.63. The molecule has 1 aromatic rings. The van der Waals surface area contributed by atoms with Crippen molar-refractivity contribution < 1.29 is 0 Å². The van der Waals surface area contributed by atoms with Crippen LogP contribution in [0.15, 0.2) is 30.3 Å². The Labute approximate surface area is 111 Å². The molecule has 2 unspecified atom stereocenters. The molecule has 18 heavy (non-hydrogen) atoms. The second-order valence-electron chi connectivity index (χ2n) is 5.66. The normalized spacial score (nSPS) is 30.1. The summed E-state index contributed by atoms with van der Waals surface area (Å²) in [6.07, 6.45) is 4.22. The van der Waals surface area contributed by atoms with E-state index in [4.69, 9.17) is 0 Å². The van der Waals surface area contributed by atoms with E-state index >= 15 is 0 Å². The molecular weight excluding hydrogens is 220 g/mol. The second-order valence-corrected chi connectivity index (χ2v) is 5.66. The van der Waals surface area contributed by atoms with Crippen LogP contribution in [0.25, 0.3) is 0 Å². The maximum Gasteiger partial charge on any atom is 0.0475 e. The van der Waals surface area contributed by atoms with Crippen molar-refractivity contribution in [2.75, 3.05) is 26.2 Å². The highest BCUT2D eigenvalue weighted by atomic mass is 15.3. The fraction of sp³-hybridized carbons (Fsp3) is 0.625. The zero-order valence-corrected chi connectivity index (χ0v) is 11.4. The summed E-state index contributed by atoms with van der Waals surface area (Å²) in [5.41, 5.74) is 1.49. The summed E-state index contributed by atoms with van der Waals surface area (Å²) in [5, 5.41) is 0. The lowest BCUT2D eigenvalue weighted by Gasteiger charge is -2.48. The Kier molecular flexibility index (Phi) is 3.67. The minimum absolute atomic E-state index is 0.602. The molecule has 0 radical (unpaired) electrons. The SMILES string of the molecule is CCN1CC2CCCCN2CC1c1ccccc1. The van der Waals surface area contributed by atoms with Gasteiger partial charge in [0.05, 0.1) is 0 Å². The fourth-order valence-corrected chi connectivity index (χ4v) is 3.58. The molecule has 2 aliphatic heterocycles. The van der Waals surface area contributed by atoms with Crippen LogP contribution in [0.4, 0.5) is 0 Å². The predicted molar refractivity (Wildman–Crippen MR) is 75.6 cm³/mol. The Morgan fingerprint density at radius 1 is 1.11 bits per heavy atom. The van der Waals surface area contributed by atoms with E-state index in [0.717, 1.165) is 6.04 Å². The minimum Gasteiger partial charge on any atom is -0.297 e. The largest absolute Gasteiger partial charge is 0.297 e. The molecule has 0 amide bonds. The summed E-state index contributed by atoms with van der Waals surface area (Å²) in [6, 6.07) is 12.5. The topological polar surface area (TPSA) is 6.48 Å². The van der Waals surface area contributed by atoms with Crippen LogP contribution >= 0.6 is 0 Å². The maximum absolute atomic E-state index is 2.73. The Balaban J connectivity index is 1.80. The average Bonchev–Trinajstić information content (AvgIpc) is 2.46. The van der Waals surface area contributed by atoms with Crippen molar-refractivity contribution in [3.63, 3.8) is 0 Å². The number of piperazine rings is 1. The highest BCUT2D eigenvalue weighted by Crippen LogP contribution is 2.31. The molecule has 0 bridgehead atoms. The molecule has 2 aliphatic rings. The van der Waals surface area contributed by atoms with Gasteiger partial charge in [-0.1, -0.05) is 43.7 Å². The molecule has 2 nitrogen and oxygen atoms in total. The van der Waals surface area contributed by atoms with Crippen LogP contribution in [0.1, 0.15) is 37.8 Å². The molecule has 2 saturated heterocycles. The zero-order valence-electron chi connectivity index (χ0n) is 11.4. The van der Waals surface area contributed by atoms with Gasteiger partial charge in [-0.15, -0.1) is 0 Å². The van der Waals surface area contributed by atoms with Gasteiger partial charge in [0.15, 0.2) is 0 Å². The Morgan fingerprint density at radius 2 is 1.94 bits per heavy atom. The molecule has 0 aromatic heterocycles. The third-order valence-corrected chi connectivity index (χ3v) is 4.63. The first-order valence-electron chi connectivity index (χ1n) is 7.41. The molecule has 0 N–H and O–H groups in total. The van der Waals surface area contributed by atoms with E-state index in [9.17, 15) is 0 Å². The molecule has 98 valence electrons. The van der Waals surface area contributed by atoms with Gasteiger partial charge in [0.1, 0.15) is 0 Å². The summed E-state index contributed by atoms with van der Waals surface area (Å²) in [5.74, 6) is 0. The van der Waals surface area contributed by atoms with Gasteiger partial charge >= 0.3 is 0 Å². The lowest BCUT2D eigenvalue weighted by Crippen LogP contribution is -2.55. The van der Waals surface area contributed by atoms with Crippen molar-refractivity contribution in [1.82, 2.24) is 9.80 Å². The van der Waals surface area contributed by atoms with E-state index in [1.54, 1.807) is 0 Å². The van der Waals surface area contributed by atoms with Crippen LogP contribution < -0.4 is 0 Å². The van der Waals surface area contributed by atoms with Gasteiger partial charge in [-0.2, -0.15) is 0 Å². The summed E-state index contributed by atoms with van der Waals surface area (Å²) >= 11 is 0. The minimum atomic E-state index is 0.602. The Bertz CT molecular complexity index is 376. The number of benzene rings is 1. The number of nitrogens with zero attached hydrogens (tertiary/aromatic N) is 2. The molecular formula is C16H24N2. The summed E-state index contributed by atoms with van der Waals surface area (Å²) in [4.78, 5) is 5.40. The van der Waals surface area contributed by atoms with Gasteiger partial charge in [0, 0.05) is 25.2 Å². The van der Waals surface area contributed by atoms with Crippen molar-refractivity contribution in [3.05, 3.63) is 35.9 Å².